The molecule has 33 heavy (non-hydrogen) atoms. The van der Waals surface area contributed by atoms with Gasteiger partial charge in [0.15, 0.2) is 5.76 Å². The Labute approximate surface area is 190 Å². The van der Waals surface area contributed by atoms with Gasteiger partial charge in [-0.2, -0.15) is 4.31 Å². The fourth-order valence-corrected chi connectivity index (χ4v) is 5.59. The van der Waals surface area contributed by atoms with Gasteiger partial charge in [0.2, 0.25) is 10.0 Å². The van der Waals surface area contributed by atoms with Gasteiger partial charge in [0, 0.05) is 49.3 Å². The topological polar surface area (TPSA) is 123 Å². The minimum Gasteiger partial charge on any atom is -0.497 e. The molecular formula is C22H23N3O7S. The number of hydrogen-bond donors (Lipinski definition) is 0. The monoisotopic (exact) mass is 473 g/mol. The minimum absolute atomic E-state index is 0.0727. The summed E-state index contributed by atoms with van der Waals surface area (Å²) < 4.78 is 38.5. The number of nitrogens with zero attached hydrogens (tertiary/aromatic N) is 3. The van der Waals surface area contributed by atoms with E-state index in [0.717, 1.165) is 11.5 Å². The summed E-state index contributed by atoms with van der Waals surface area (Å²) in [5.41, 5.74) is 1.40. The molecule has 1 amide bonds. The van der Waals surface area contributed by atoms with Gasteiger partial charge in [-0.1, -0.05) is 6.07 Å². The SMILES string of the molecule is COc1ccc2oc(C(=O)N3CCN(S(=O)(=O)c4cc([N+](=O)[O-])ccc4C)CC3)c(C)c2c1. The Morgan fingerprint density at radius 1 is 1.09 bits per heavy atom. The standard InChI is InChI=1S/C22H23N3O7S/c1-14-4-5-16(25(27)28)12-20(14)33(29,30)24-10-8-23(9-11-24)22(26)21-15(2)18-13-17(31-3)6-7-19(18)32-21/h4-7,12-13H,8-11H2,1-3H3. The second-order valence-corrected chi connectivity index (χ2v) is 9.73. The molecule has 0 aliphatic carbocycles. The number of carbonyl (C=O) groups excluding carboxylic acids is 1. The summed E-state index contributed by atoms with van der Waals surface area (Å²) in [5.74, 6) is 0.552. The molecule has 1 saturated heterocycles. The zero-order chi connectivity index (χ0) is 23.9. The third-order valence-corrected chi connectivity index (χ3v) is 7.90. The molecule has 174 valence electrons. The highest BCUT2D eigenvalue weighted by molar-refractivity contribution is 7.89. The summed E-state index contributed by atoms with van der Waals surface area (Å²) in [6.45, 7) is 3.88. The largest absolute Gasteiger partial charge is 0.497 e. The smallest absolute Gasteiger partial charge is 0.289 e. The zero-order valence-corrected chi connectivity index (χ0v) is 19.2. The van der Waals surface area contributed by atoms with E-state index in [9.17, 15) is 23.3 Å². The summed E-state index contributed by atoms with van der Waals surface area (Å²) in [4.78, 5) is 25.0. The van der Waals surface area contributed by atoms with Gasteiger partial charge in [0.25, 0.3) is 11.6 Å². The van der Waals surface area contributed by atoms with Crippen LogP contribution in [0.15, 0.2) is 45.7 Å². The van der Waals surface area contributed by atoms with E-state index in [1.165, 1.54) is 16.4 Å². The number of carbonyl (C=O) groups is 1. The summed E-state index contributed by atoms with van der Waals surface area (Å²) in [5, 5.41) is 11.9. The molecule has 0 radical (unpaired) electrons. The highest BCUT2D eigenvalue weighted by Crippen LogP contribution is 2.30. The quantitative estimate of drug-likeness (QED) is 0.412. The molecule has 10 nitrogen and oxygen atoms in total. The fourth-order valence-electron chi connectivity index (χ4n) is 3.93. The van der Waals surface area contributed by atoms with E-state index >= 15 is 0 Å². The molecule has 0 spiro atoms. The molecule has 1 aliphatic heterocycles. The van der Waals surface area contributed by atoms with Crippen LogP contribution in [-0.4, -0.2) is 61.7 Å². The number of ether oxygens (including phenoxy) is 1. The third kappa shape index (κ3) is 4.05. The summed E-state index contributed by atoms with van der Waals surface area (Å²) >= 11 is 0. The second kappa shape index (κ2) is 8.49. The van der Waals surface area contributed by atoms with Crippen molar-refractivity contribution in [3.8, 4) is 5.75 Å². The number of nitro groups is 1. The molecule has 0 bridgehead atoms. The van der Waals surface area contributed by atoms with E-state index in [-0.39, 0.29) is 48.4 Å². The van der Waals surface area contributed by atoms with E-state index < -0.39 is 14.9 Å². The Morgan fingerprint density at radius 3 is 2.42 bits per heavy atom. The number of sulfonamides is 1. The molecule has 1 aliphatic rings. The number of benzene rings is 2. The molecule has 0 N–H and O–H groups in total. The molecule has 2 aromatic carbocycles. The van der Waals surface area contributed by atoms with Gasteiger partial charge in [-0.25, -0.2) is 8.42 Å². The summed E-state index contributed by atoms with van der Waals surface area (Å²) in [6, 6.07) is 9.06. The molecule has 4 rings (SSSR count). The van der Waals surface area contributed by atoms with Crippen LogP contribution in [0.25, 0.3) is 11.0 Å². The molecule has 2 heterocycles. The number of fused-ring (bicyclic) bond motifs is 1. The Kier molecular flexibility index (Phi) is 5.85. The molecule has 11 heteroatoms. The van der Waals surface area contributed by atoms with E-state index in [1.54, 1.807) is 44.1 Å². The van der Waals surface area contributed by atoms with Crippen LogP contribution in [0, 0.1) is 24.0 Å². The number of rotatable bonds is 5. The first kappa shape index (κ1) is 22.7. The van der Waals surface area contributed by atoms with Gasteiger partial charge >= 0.3 is 0 Å². The number of methoxy groups -OCH3 is 1. The lowest BCUT2D eigenvalue weighted by Crippen LogP contribution is -2.50. The molecule has 3 aromatic rings. The first-order chi connectivity index (χ1) is 15.6. The first-order valence-corrected chi connectivity index (χ1v) is 11.7. The van der Waals surface area contributed by atoms with Crippen LogP contribution in [0.3, 0.4) is 0 Å². The molecule has 1 fully saturated rings. The average molecular weight is 474 g/mol. The van der Waals surface area contributed by atoms with Crippen LogP contribution < -0.4 is 4.74 Å². The van der Waals surface area contributed by atoms with E-state index in [4.69, 9.17) is 9.15 Å². The second-order valence-electron chi connectivity index (χ2n) is 7.82. The lowest BCUT2D eigenvalue weighted by Gasteiger charge is -2.33. The number of piperazine rings is 1. The Hall–Kier alpha value is -3.44. The summed E-state index contributed by atoms with van der Waals surface area (Å²) in [7, 11) is -2.38. The average Bonchev–Trinajstić information content (AvgIpc) is 3.14. The van der Waals surface area contributed by atoms with Crippen molar-refractivity contribution in [2.75, 3.05) is 33.3 Å². The Balaban J connectivity index is 1.53. The van der Waals surface area contributed by atoms with Gasteiger partial charge in [-0.05, 0) is 37.6 Å². The number of amides is 1. The van der Waals surface area contributed by atoms with Crippen molar-refractivity contribution in [1.29, 1.82) is 0 Å². The van der Waals surface area contributed by atoms with Crippen LogP contribution in [0.2, 0.25) is 0 Å². The predicted octanol–water partition coefficient (Wildman–Crippen LogP) is 3.11. The highest BCUT2D eigenvalue weighted by Gasteiger charge is 2.33. The van der Waals surface area contributed by atoms with Crippen molar-refractivity contribution in [2.45, 2.75) is 18.7 Å². The van der Waals surface area contributed by atoms with Crippen molar-refractivity contribution in [3.05, 3.63) is 63.4 Å². The fraction of sp³-hybridized carbons (Fsp3) is 0.318. The van der Waals surface area contributed by atoms with Gasteiger partial charge < -0.3 is 14.1 Å². The number of furan rings is 1. The number of nitro benzene ring substituents is 1. The predicted molar refractivity (Wildman–Crippen MR) is 120 cm³/mol. The van der Waals surface area contributed by atoms with Gasteiger partial charge in [-0.3, -0.25) is 14.9 Å². The highest BCUT2D eigenvalue weighted by atomic mass is 32.2. The van der Waals surface area contributed by atoms with Gasteiger partial charge in [-0.15, -0.1) is 0 Å². The number of aryl methyl sites for hydroxylation is 2. The molecule has 0 atom stereocenters. The molecule has 0 unspecified atom stereocenters. The zero-order valence-electron chi connectivity index (χ0n) is 18.4. The van der Waals surface area contributed by atoms with Crippen molar-refractivity contribution in [3.63, 3.8) is 0 Å². The van der Waals surface area contributed by atoms with Crippen molar-refractivity contribution < 1.29 is 27.3 Å². The van der Waals surface area contributed by atoms with E-state index in [2.05, 4.69) is 0 Å². The molecule has 1 aromatic heterocycles. The van der Waals surface area contributed by atoms with Crippen LogP contribution >= 0.6 is 0 Å². The summed E-state index contributed by atoms with van der Waals surface area (Å²) in [6.07, 6.45) is 0. The normalized spacial score (nSPS) is 15.1. The Bertz CT molecular complexity index is 1360. The maximum absolute atomic E-state index is 13.1. The number of hydrogen-bond acceptors (Lipinski definition) is 7. The maximum Gasteiger partial charge on any atom is 0.289 e. The Morgan fingerprint density at radius 2 is 1.79 bits per heavy atom. The van der Waals surface area contributed by atoms with E-state index in [0.29, 0.717) is 22.5 Å². The number of non-ortho nitro benzene ring substituents is 1. The van der Waals surface area contributed by atoms with Crippen LogP contribution in [0.4, 0.5) is 5.69 Å². The van der Waals surface area contributed by atoms with Crippen LogP contribution in [0.1, 0.15) is 21.7 Å². The lowest BCUT2D eigenvalue weighted by atomic mass is 10.1. The minimum atomic E-state index is -3.95. The maximum atomic E-state index is 13.1. The lowest BCUT2D eigenvalue weighted by molar-refractivity contribution is -0.385. The van der Waals surface area contributed by atoms with Crippen molar-refractivity contribution >= 4 is 32.6 Å². The molecule has 0 saturated carbocycles. The third-order valence-electron chi connectivity index (χ3n) is 5.86. The van der Waals surface area contributed by atoms with Crippen LogP contribution in [0.5, 0.6) is 5.75 Å². The first-order valence-electron chi connectivity index (χ1n) is 10.2. The van der Waals surface area contributed by atoms with Crippen molar-refractivity contribution in [2.24, 2.45) is 0 Å². The van der Waals surface area contributed by atoms with Gasteiger partial charge in [0.1, 0.15) is 11.3 Å². The molecular weight excluding hydrogens is 450 g/mol. The van der Waals surface area contributed by atoms with Gasteiger partial charge in [0.05, 0.1) is 16.9 Å². The van der Waals surface area contributed by atoms with Crippen molar-refractivity contribution in [1.82, 2.24) is 9.21 Å². The van der Waals surface area contributed by atoms with E-state index in [1.807, 2.05) is 0 Å². The van der Waals surface area contributed by atoms with Crippen LogP contribution in [-0.2, 0) is 10.0 Å².